The SMILES string of the molecule is CC(CNc1cc(C(N)=O)ccc1[N+](=O)[O-])c1nccs1. The Morgan fingerprint density at radius 2 is 2.33 bits per heavy atom. The Balaban J connectivity index is 2.19. The van der Waals surface area contributed by atoms with Gasteiger partial charge in [0, 0.05) is 35.7 Å². The zero-order valence-corrected chi connectivity index (χ0v) is 12.1. The Bertz CT molecular complexity index is 657. The number of primary amides is 1. The molecule has 2 aromatic rings. The fraction of sp³-hybridized carbons (Fsp3) is 0.231. The lowest BCUT2D eigenvalue weighted by molar-refractivity contribution is -0.384. The van der Waals surface area contributed by atoms with E-state index < -0.39 is 10.8 Å². The lowest BCUT2D eigenvalue weighted by atomic mass is 10.1. The lowest BCUT2D eigenvalue weighted by Crippen LogP contribution is -2.14. The van der Waals surface area contributed by atoms with Crippen LogP contribution in [0.1, 0.15) is 28.2 Å². The lowest BCUT2D eigenvalue weighted by Gasteiger charge is -2.12. The summed E-state index contributed by atoms with van der Waals surface area (Å²) in [6, 6.07) is 4.02. The van der Waals surface area contributed by atoms with Gasteiger partial charge in [-0.15, -0.1) is 11.3 Å². The number of thiazole rings is 1. The minimum Gasteiger partial charge on any atom is -0.379 e. The first-order valence-electron chi connectivity index (χ1n) is 6.20. The van der Waals surface area contributed by atoms with Crippen LogP contribution in [0.15, 0.2) is 29.8 Å². The first-order chi connectivity index (χ1) is 9.99. The topological polar surface area (TPSA) is 111 Å². The van der Waals surface area contributed by atoms with Gasteiger partial charge in [0.15, 0.2) is 0 Å². The maximum Gasteiger partial charge on any atom is 0.292 e. The summed E-state index contributed by atoms with van der Waals surface area (Å²) in [4.78, 5) is 25.9. The Labute approximate surface area is 125 Å². The molecule has 3 N–H and O–H groups in total. The van der Waals surface area contributed by atoms with E-state index in [0.717, 1.165) is 5.01 Å². The fourth-order valence-electron chi connectivity index (χ4n) is 1.82. The average Bonchev–Trinajstić information content (AvgIpc) is 2.98. The summed E-state index contributed by atoms with van der Waals surface area (Å²) in [6.45, 7) is 2.44. The van der Waals surface area contributed by atoms with Crippen molar-refractivity contribution >= 4 is 28.6 Å². The van der Waals surface area contributed by atoms with Gasteiger partial charge in [-0.3, -0.25) is 14.9 Å². The highest BCUT2D eigenvalue weighted by Gasteiger charge is 2.17. The molecule has 0 bridgehead atoms. The number of hydrogen-bond acceptors (Lipinski definition) is 6. The zero-order chi connectivity index (χ0) is 15.4. The number of nitrogens with one attached hydrogen (secondary N) is 1. The monoisotopic (exact) mass is 306 g/mol. The Hall–Kier alpha value is -2.48. The number of nitro groups is 1. The molecule has 0 saturated heterocycles. The van der Waals surface area contributed by atoms with Gasteiger partial charge in [0.25, 0.3) is 5.69 Å². The first-order valence-corrected chi connectivity index (χ1v) is 7.08. The molecule has 1 amide bonds. The van der Waals surface area contributed by atoms with Gasteiger partial charge in [-0.25, -0.2) is 4.98 Å². The standard InChI is InChI=1S/C13H14N4O3S/c1-8(13-15-4-5-21-13)7-16-10-6-9(12(14)18)2-3-11(10)17(19)20/h2-6,8,16H,7H2,1H3,(H2,14,18). The second-order valence-electron chi connectivity index (χ2n) is 4.51. The summed E-state index contributed by atoms with van der Waals surface area (Å²) in [5.74, 6) is -0.525. The molecule has 1 unspecified atom stereocenters. The Morgan fingerprint density at radius 1 is 1.57 bits per heavy atom. The molecule has 0 spiro atoms. The number of aromatic nitrogens is 1. The van der Waals surface area contributed by atoms with Gasteiger partial charge in [0.1, 0.15) is 5.69 Å². The molecule has 8 heteroatoms. The van der Waals surface area contributed by atoms with Crippen LogP contribution in [0, 0.1) is 10.1 Å². The van der Waals surface area contributed by atoms with Crippen LogP contribution in [0.4, 0.5) is 11.4 Å². The summed E-state index contributed by atoms with van der Waals surface area (Å²) in [6.07, 6.45) is 1.71. The van der Waals surface area contributed by atoms with Crippen molar-refractivity contribution in [1.82, 2.24) is 4.98 Å². The third kappa shape index (κ3) is 3.54. The van der Waals surface area contributed by atoms with Crippen LogP contribution in [0.3, 0.4) is 0 Å². The fourth-order valence-corrected chi connectivity index (χ4v) is 2.52. The molecule has 1 aromatic carbocycles. The minimum absolute atomic E-state index is 0.0914. The normalized spacial score (nSPS) is 11.9. The van der Waals surface area contributed by atoms with Crippen LogP contribution in [0.25, 0.3) is 0 Å². The predicted octanol–water partition coefficient (Wildman–Crippen LogP) is 2.37. The van der Waals surface area contributed by atoms with Gasteiger partial charge in [0.2, 0.25) is 5.91 Å². The van der Waals surface area contributed by atoms with Gasteiger partial charge >= 0.3 is 0 Å². The van der Waals surface area contributed by atoms with Crippen molar-refractivity contribution in [2.75, 3.05) is 11.9 Å². The van der Waals surface area contributed by atoms with Crippen LogP contribution in [-0.4, -0.2) is 22.4 Å². The molecule has 0 aliphatic rings. The zero-order valence-electron chi connectivity index (χ0n) is 11.3. The molecule has 1 heterocycles. The Kier molecular flexibility index (Phi) is 4.49. The van der Waals surface area contributed by atoms with E-state index in [1.54, 1.807) is 6.20 Å². The predicted molar refractivity (Wildman–Crippen MR) is 80.6 cm³/mol. The number of hydrogen-bond donors (Lipinski definition) is 2. The van der Waals surface area contributed by atoms with E-state index in [-0.39, 0.29) is 22.9 Å². The van der Waals surface area contributed by atoms with Crippen molar-refractivity contribution in [3.8, 4) is 0 Å². The van der Waals surface area contributed by atoms with E-state index >= 15 is 0 Å². The maximum absolute atomic E-state index is 11.2. The Morgan fingerprint density at radius 3 is 2.90 bits per heavy atom. The number of anilines is 1. The number of carbonyl (C=O) groups is 1. The van der Waals surface area contributed by atoms with Crippen LogP contribution >= 0.6 is 11.3 Å². The van der Waals surface area contributed by atoms with Crippen LogP contribution in [-0.2, 0) is 0 Å². The van der Waals surface area contributed by atoms with Crippen molar-refractivity contribution < 1.29 is 9.72 Å². The van der Waals surface area contributed by atoms with Crippen LogP contribution in [0.5, 0.6) is 0 Å². The number of rotatable bonds is 6. The first kappa shape index (κ1) is 14.9. The highest BCUT2D eigenvalue weighted by Crippen LogP contribution is 2.27. The molecular weight excluding hydrogens is 292 g/mol. The third-order valence-corrected chi connectivity index (χ3v) is 3.96. The minimum atomic E-state index is -0.624. The molecule has 7 nitrogen and oxygen atoms in total. The number of amides is 1. The van der Waals surface area contributed by atoms with E-state index in [1.807, 2.05) is 12.3 Å². The smallest absolute Gasteiger partial charge is 0.292 e. The van der Waals surface area contributed by atoms with Gasteiger partial charge in [0.05, 0.1) is 9.93 Å². The quantitative estimate of drug-likeness (QED) is 0.628. The van der Waals surface area contributed by atoms with Crippen LogP contribution < -0.4 is 11.1 Å². The highest BCUT2D eigenvalue weighted by atomic mass is 32.1. The molecule has 1 aromatic heterocycles. The molecule has 0 aliphatic heterocycles. The molecule has 21 heavy (non-hydrogen) atoms. The second-order valence-corrected chi connectivity index (χ2v) is 5.43. The summed E-state index contributed by atoms with van der Waals surface area (Å²) in [7, 11) is 0. The molecule has 0 aliphatic carbocycles. The van der Waals surface area contributed by atoms with Crippen molar-refractivity contribution in [3.05, 3.63) is 50.5 Å². The van der Waals surface area contributed by atoms with Crippen molar-refractivity contribution in [3.63, 3.8) is 0 Å². The molecule has 0 fully saturated rings. The summed E-state index contributed by atoms with van der Waals surface area (Å²) in [5.41, 5.74) is 5.61. The largest absolute Gasteiger partial charge is 0.379 e. The molecule has 2 rings (SSSR count). The van der Waals surface area contributed by atoms with Crippen molar-refractivity contribution in [2.45, 2.75) is 12.8 Å². The number of carbonyl (C=O) groups excluding carboxylic acids is 1. The summed E-state index contributed by atoms with van der Waals surface area (Å²) < 4.78 is 0. The summed E-state index contributed by atoms with van der Waals surface area (Å²) in [5, 5.41) is 16.8. The third-order valence-electron chi connectivity index (χ3n) is 2.95. The second kappa shape index (κ2) is 6.31. The van der Waals surface area contributed by atoms with E-state index in [9.17, 15) is 14.9 Å². The van der Waals surface area contributed by atoms with Gasteiger partial charge in [-0.2, -0.15) is 0 Å². The molecule has 0 radical (unpaired) electrons. The number of nitrogens with two attached hydrogens (primary N) is 1. The molecule has 0 saturated carbocycles. The van der Waals surface area contributed by atoms with Crippen LogP contribution in [0.2, 0.25) is 0 Å². The number of nitrogens with zero attached hydrogens (tertiary/aromatic N) is 2. The van der Waals surface area contributed by atoms with Crippen molar-refractivity contribution in [2.24, 2.45) is 5.73 Å². The van der Waals surface area contributed by atoms with E-state index in [4.69, 9.17) is 5.73 Å². The highest BCUT2D eigenvalue weighted by molar-refractivity contribution is 7.09. The molecule has 1 atom stereocenters. The van der Waals surface area contributed by atoms with Gasteiger partial charge < -0.3 is 11.1 Å². The van der Waals surface area contributed by atoms with E-state index in [2.05, 4.69) is 10.3 Å². The van der Waals surface area contributed by atoms with E-state index in [0.29, 0.717) is 6.54 Å². The molecule has 110 valence electrons. The number of nitro benzene ring substituents is 1. The summed E-state index contributed by atoms with van der Waals surface area (Å²) >= 11 is 1.53. The van der Waals surface area contributed by atoms with Gasteiger partial charge in [-0.1, -0.05) is 6.92 Å². The van der Waals surface area contributed by atoms with Crippen molar-refractivity contribution in [1.29, 1.82) is 0 Å². The number of benzene rings is 1. The molecular formula is C13H14N4O3S. The maximum atomic E-state index is 11.2. The average molecular weight is 306 g/mol. The van der Waals surface area contributed by atoms with Gasteiger partial charge in [-0.05, 0) is 12.1 Å². The van der Waals surface area contributed by atoms with E-state index in [1.165, 1.54) is 29.5 Å².